The molecule has 0 atom stereocenters. The second-order valence-corrected chi connectivity index (χ2v) is 9.59. The number of anilines is 1. The van der Waals surface area contributed by atoms with E-state index in [-0.39, 0.29) is 11.5 Å². The SMILES string of the molecule is Cc1nc(N2CCOCC2)[nH]c(=O)c1CCC(=O)N1CCCN(CC2CCCCC2)CC1. The van der Waals surface area contributed by atoms with E-state index in [2.05, 4.69) is 14.9 Å². The lowest BCUT2D eigenvalue weighted by molar-refractivity contribution is -0.131. The number of amides is 1. The molecule has 3 heterocycles. The van der Waals surface area contributed by atoms with E-state index in [1.54, 1.807) is 0 Å². The van der Waals surface area contributed by atoms with E-state index in [4.69, 9.17) is 4.74 Å². The number of hydrogen-bond donors (Lipinski definition) is 1. The maximum absolute atomic E-state index is 12.9. The molecule has 1 N–H and O–H groups in total. The number of carbonyl (C=O) groups excluding carboxylic acids is 1. The van der Waals surface area contributed by atoms with E-state index < -0.39 is 0 Å². The molecule has 0 unspecified atom stereocenters. The molecule has 1 aromatic rings. The molecule has 3 fully saturated rings. The van der Waals surface area contributed by atoms with Gasteiger partial charge in [0.15, 0.2) is 0 Å². The van der Waals surface area contributed by atoms with Gasteiger partial charge in [-0.3, -0.25) is 14.6 Å². The summed E-state index contributed by atoms with van der Waals surface area (Å²) in [6.45, 7) is 9.49. The van der Waals surface area contributed by atoms with Crippen molar-refractivity contribution in [2.24, 2.45) is 5.92 Å². The molecule has 1 amide bonds. The molecule has 0 aromatic carbocycles. The largest absolute Gasteiger partial charge is 0.378 e. The van der Waals surface area contributed by atoms with Gasteiger partial charge in [-0.25, -0.2) is 4.98 Å². The molecular formula is C24H39N5O3. The van der Waals surface area contributed by atoms with Crippen molar-refractivity contribution in [3.63, 3.8) is 0 Å². The van der Waals surface area contributed by atoms with Gasteiger partial charge in [0, 0.05) is 56.9 Å². The van der Waals surface area contributed by atoms with Crippen LogP contribution < -0.4 is 10.5 Å². The Morgan fingerprint density at radius 3 is 2.56 bits per heavy atom. The smallest absolute Gasteiger partial charge is 0.255 e. The summed E-state index contributed by atoms with van der Waals surface area (Å²) in [6, 6.07) is 0. The molecule has 3 aliphatic rings. The Labute approximate surface area is 191 Å². The minimum atomic E-state index is -0.124. The quantitative estimate of drug-likeness (QED) is 0.721. The average molecular weight is 446 g/mol. The summed E-state index contributed by atoms with van der Waals surface area (Å²) < 4.78 is 5.37. The molecule has 4 rings (SSSR count). The van der Waals surface area contributed by atoms with Crippen LogP contribution in [-0.2, 0) is 16.0 Å². The lowest BCUT2D eigenvalue weighted by Crippen LogP contribution is -2.39. The van der Waals surface area contributed by atoms with Crippen LogP contribution >= 0.6 is 0 Å². The third-order valence-electron chi connectivity index (χ3n) is 7.29. The van der Waals surface area contributed by atoms with Crippen molar-refractivity contribution < 1.29 is 9.53 Å². The summed E-state index contributed by atoms with van der Waals surface area (Å²) in [5.74, 6) is 1.60. The van der Waals surface area contributed by atoms with Crippen LogP contribution in [-0.4, -0.2) is 84.7 Å². The highest BCUT2D eigenvalue weighted by Crippen LogP contribution is 2.24. The topological polar surface area (TPSA) is 81.8 Å². The first-order valence-electron chi connectivity index (χ1n) is 12.5. The van der Waals surface area contributed by atoms with Crippen molar-refractivity contribution in [3.8, 4) is 0 Å². The number of aromatic nitrogens is 2. The van der Waals surface area contributed by atoms with Gasteiger partial charge in [0.1, 0.15) is 0 Å². The molecule has 1 saturated carbocycles. The minimum absolute atomic E-state index is 0.124. The Morgan fingerprint density at radius 1 is 1.03 bits per heavy atom. The number of carbonyl (C=O) groups is 1. The first-order valence-corrected chi connectivity index (χ1v) is 12.5. The summed E-state index contributed by atoms with van der Waals surface area (Å²) in [5, 5.41) is 0. The fraction of sp³-hybridized carbons (Fsp3) is 0.792. The zero-order chi connectivity index (χ0) is 22.3. The van der Waals surface area contributed by atoms with Gasteiger partial charge in [-0.2, -0.15) is 0 Å². The molecule has 1 aliphatic carbocycles. The zero-order valence-electron chi connectivity index (χ0n) is 19.6. The highest BCUT2D eigenvalue weighted by atomic mass is 16.5. The van der Waals surface area contributed by atoms with Crippen LogP contribution in [0.1, 0.15) is 56.2 Å². The molecule has 2 aliphatic heterocycles. The predicted molar refractivity (Wildman–Crippen MR) is 125 cm³/mol. The van der Waals surface area contributed by atoms with Crippen LogP contribution in [0, 0.1) is 12.8 Å². The maximum Gasteiger partial charge on any atom is 0.255 e. The first kappa shape index (κ1) is 23.2. The van der Waals surface area contributed by atoms with Crippen molar-refractivity contribution in [2.45, 2.75) is 58.3 Å². The van der Waals surface area contributed by atoms with Gasteiger partial charge in [-0.15, -0.1) is 0 Å². The zero-order valence-corrected chi connectivity index (χ0v) is 19.6. The van der Waals surface area contributed by atoms with E-state index in [0.717, 1.165) is 57.3 Å². The van der Waals surface area contributed by atoms with Crippen LogP contribution in [0.25, 0.3) is 0 Å². The molecule has 2 saturated heterocycles. The predicted octanol–water partition coefficient (Wildman–Crippen LogP) is 1.96. The molecule has 0 bridgehead atoms. The van der Waals surface area contributed by atoms with Gasteiger partial charge in [0.2, 0.25) is 11.9 Å². The van der Waals surface area contributed by atoms with Crippen molar-refractivity contribution in [1.29, 1.82) is 0 Å². The highest BCUT2D eigenvalue weighted by Gasteiger charge is 2.23. The Hall–Kier alpha value is -1.93. The lowest BCUT2D eigenvalue weighted by atomic mass is 9.89. The van der Waals surface area contributed by atoms with Crippen LogP contribution in [0.15, 0.2) is 4.79 Å². The maximum atomic E-state index is 12.9. The van der Waals surface area contributed by atoms with E-state index in [9.17, 15) is 9.59 Å². The highest BCUT2D eigenvalue weighted by molar-refractivity contribution is 5.76. The molecule has 0 spiro atoms. The van der Waals surface area contributed by atoms with Gasteiger partial charge < -0.3 is 19.4 Å². The average Bonchev–Trinajstić information content (AvgIpc) is 3.05. The molecule has 1 aromatic heterocycles. The normalized spacial score (nSPS) is 21.5. The molecule has 8 nitrogen and oxygen atoms in total. The molecule has 178 valence electrons. The standard InChI is InChI=1S/C24H39N5O3/c1-19-21(23(31)26-24(25-19)29-14-16-32-17-15-29)8-9-22(30)28-11-5-10-27(12-13-28)18-20-6-3-2-4-7-20/h20H,2-18H2,1H3,(H,25,26,31). The van der Waals surface area contributed by atoms with Gasteiger partial charge in [-0.05, 0) is 45.1 Å². The van der Waals surface area contributed by atoms with Gasteiger partial charge in [0.05, 0.1) is 13.2 Å². The third kappa shape index (κ3) is 6.10. The van der Waals surface area contributed by atoms with Crippen LogP contribution in [0.4, 0.5) is 5.95 Å². The Balaban J connectivity index is 1.28. The summed E-state index contributed by atoms with van der Waals surface area (Å²) in [6.07, 6.45) is 8.73. The van der Waals surface area contributed by atoms with Crippen molar-refractivity contribution >= 4 is 11.9 Å². The van der Waals surface area contributed by atoms with Crippen LogP contribution in [0.5, 0.6) is 0 Å². The summed E-state index contributed by atoms with van der Waals surface area (Å²) in [7, 11) is 0. The van der Waals surface area contributed by atoms with E-state index in [1.165, 1.54) is 38.6 Å². The number of nitrogens with zero attached hydrogens (tertiary/aromatic N) is 4. The molecule has 8 heteroatoms. The summed E-state index contributed by atoms with van der Waals surface area (Å²) >= 11 is 0. The number of H-pyrrole nitrogens is 1. The number of morpholine rings is 1. The number of ether oxygens (including phenoxy) is 1. The Morgan fingerprint density at radius 2 is 1.81 bits per heavy atom. The number of aromatic amines is 1. The Kier molecular flexibility index (Phi) is 8.19. The third-order valence-corrected chi connectivity index (χ3v) is 7.29. The number of rotatable bonds is 6. The van der Waals surface area contributed by atoms with E-state index in [1.807, 2.05) is 16.7 Å². The lowest BCUT2D eigenvalue weighted by Gasteiger charge is -2.28. The fourth-order valence-corrected chi connectivity index (χ4v) is 5.34. The van der Waals surface area contributed by atoms with E-state index >= 15 is 0 Å². The van der Waals surface area contributed by atoms with Crippen LogP contribution in [0.3, 0.4) is 0 Å². The monoisotopic (exact) mass is 445 g/mol. The Bertz CT molecular complexity index is 814. The number of nitrogens with one attached hydrogen (secondary N) is 1. The summed E-state index contributed by atoms with van der Waals surface area (Å²) in [4.78, 5) is 39.7. The van der Waals surface area contributed by atoms with Crippen molar-refractivity contribution in [1.82, 2.24) is 19.8 Å². The second-order valence-electron chi connectivity index (χ2n) is 9.59. The fourth-order valence-electron chi connectivity index (χ4n) is 5.34. The van der Waals surface area contributed by atoms with Gasteiger partial charge in [0.25, 0.3) is 5.56 Å². The summed E-state index contributed by atoms with van der Waals surface area (Å²) in [5.41, 5.74) is 1.22. The molecular weight excluding hydrogens is 406 g/mol. The number of hydrogen-bond acceptors (Lipinski definition) is 6. The van der Waals surface area contributed by atoms with E-state index in [0.29, 0.717) is 37.6 Å². The second kappa shape index (κ2) is 11.3. The van der Waals surface area contributed by atoms with Crippen LogP contribution in [0.2, 0.25) is 0 Å². The van der Waals surface area contributed by atoms with Crippen molar-refractivity contribution in [2.75, 3.05) is 63.9 Å². The van der Waals surface area contributed by atoms with Gasteiger partial charge in [-0.1, -0.05) is 19.3 Å². The van der Waals surface area contributed by atoms with Gasteiger partial charge >= 0.3 is 0 Å². The molecule has 32 heavy (non-hydrogen) atoms. The number of aryl methyl sites for hydroxylation is 1. The minimum Gasteiger partial charge on any atom is -0.378 e. The van der Waals surface area contributed by atoms with Crippen molar-refractivity contribution in [3.05, 3.63) is 21.6 Å². The molecule has 0 radical (unpaired) electrons. The first-order chi connectivity index (χ1) is 15.6.